The molecule has 0 aromatic heterocycles. The molecule has 0 spiro atoms. The van der Waals surface area contributed by atoms with Gasteiger partial charge in [-0.1, -0.05) is 42.1 Å². The van der Waals surface area contributed by atoms with Gasteiger partial charge in [0, 0.05) is 6.61 Å². The van der Waals surface area contributed by atoms with E-state index in [9.17, 15) is 5.11 Å². The zero-order valence-electron chi connectivity index (χ0n) is 9.13. The molecule has 0 saturated heterocycles. The van der Waals surface area contributed by atoms with Gasteiger partial charge in [-0.2, -0.15) is 0 Å². The van der Waals surface area contributed by atoms with E-state index >= 15 is 0 Å². The summed E-state index contributed by atoms with van der Waals surface area (Å²) in [5.74, 6) is 0.819. The lowest BCUT2D eigenvalue weighted by atomic mass is 9.76. The lowest BCUT2D eigenvalue weighted by Gasteiger charge is -2.30. The van der Waals surface area contributed by atoms with E-state index < -0.39 is 0 Å². The number of rotatable bonds is 2. The van der Waals surface area contributed by atoms with Crippen molar-refractivity contribution in [2.45, 2.75) is 31.6 Å². The maximum Gasteiger partial charge on any atom is 0.0595 e. The molecule has 1 N–H and O–H groups in total. The summed E-state index contributed by atoms with van der Waals surface area (Å²) in [6.45, 7) is 0.269. The molecule has 0 aliphatic heterocycles. The van der Waals surface area contributed by atoms with Gasteiger partial charge in [0.15, 0.2) is 0 Å². The first-order valence-corrected chi connectivity index (χ1v) is 6.53. The SMILES string of the molecule is OC[C@@H]1CCCCC1c1ccc(Cl)c(Cl)c1. The summed E-state index contributed by atoms with van der Waals surface area (Å²) in [4.78, 5) is 0. The van der Waals surface area contributed by atoms with Crippen LogP contribution in [0, 0.1) is 5.92 Å². The summed E-state index contributed by atoms with van der Waals surface area (Å²) in [7, 11) is 0. The highest BCUT2D eigenvalue weighted by Gasteiger charge is 2.26. The molecule has 2 rings (SSSR count). The van der Waals surface area contributed by atoms with Gasteiger partial charge in [-0.05, 0) is 42.4 Å². The Kier molecular flexibility index (Phi) is 4.12. The Morgan fingerprint density at radius 3 is 2.56 bits per heavy atom. The second kappa shape index (κ2) is 5.39. The fraction of sp³-hybridized carbons (Fsp3) is 0.538. The Labute approximate surface area is 106 Å². The second-order valence-corrected chi connectivity index (χ2v) is 5.32. The van der Waals surface area contributed by atoms with Crippen LogP contribution in [0.1, 0.15) is 37.2 Å². The van der Waals surface area contributed by atoms with Gasteiger partial charge in [-0.15, -0.1) is 0 Å². The molecule has 0 radical (unpaired) electrons. The van der Waals surface area contributed by atoms with Gasteiger partial charge >= 0.3 is 0 Å². The highest BCUT2D eigenvalue weighted by Crippen LogP contribution is 2.39. The van der Waals surface area contributed by atoms with Crippen LogP contribution < -0.4 is 0 Å². The minimum Gasteiger partial charge on any atom is -0.396 e. The van der Waals surface area contributed by atoms with E-state index in [2.05, 4.69) is 0 Å². The molecule has 1 aromatic rings. The van der Waals surface area contributed by atoms with Gasteiger partial charge < -0.3 is 5.11 Å². The van der Waals surface area contributed by atoms with Crippen LogP contribution in [0.15, 0.2) is 18.2 Å². The zero-order chi connectivity index (χ0) is 11.5. The third kappa shape index (κ3) is 2.53. The molecule has 0 bridgehead atoms. The van der Waals surface area contributed by atoms with Crippen molar-refractivity contribution in [2.75, 3.05) is 6.61 Å². The van der Waals surface area contributed by atoms with E-state index in [0.717, 1.165) is 12.8 Å². The van der Waals surface area contributed by atoms with Gasteiger partial charge in [-0.3, -0.25) is 0 Å². The topological polar surface area (TPSA) is 20.2 Å². The van der Waals surface area contributed by atoms with Crippen molar-refractivity contribution in [3.8, 4) is 0 Å². The maximum atomic E-state index is 9.39. The number of aliphatic hydroxyl groups is 1. The third-order valence-corrected chi connectivity index (χ3v) is 4.25. The lowest BCUT2D eigenvalue weighted by molar-refractivity contribution is 0.169. The van der Waals surface area contributed by atoms with Gasteiger partial charge in [0.05, 0.1) is 10.0 Å². The Bertz CT molecular complexity index is 365. The standard InChI is InChI=1S/C13H16Cl2O/c14-12-6-5-9(7-13(12)15)11-4-2-1-3-10(11)8-16/h5-7,10-11,16H,1-4,8H2/t10-,11?/m0/s1. The van der Waals surface area contributed by atoms with Gasteiger partial charge in [0.25, 0.3) is 0 Å². The average Bonchev–Trinajstić information content (AvgIpc) is 2.32. The predicted molar refractivity (Wildman–Crippen MR) is 68.2 cm³/mol. The molecule has 88 valence electrons. The van der Waals surface area contributed by atoms with Crippen LogP contribution in [0.2, 0.25) is 10.0 Å². The summed E-state index contributed by atoms with van der Waals surface area (Å²) in [6, 6.07) is 5.83. The minimum atomic E-state index is 0.269. The first-order valence-electron chi connectivity index (χ1n) is 5.78. The largest absolute Gasteiger partial charge is 0.396 e. The number of hydrogen-bond acceptors (Lipinski definition) is 1. The number of aliphatic hydroxyl groups excluding tert-OH is 1. The molecular weight excluding hydrogens is 243 g/mol. The van der Waals surface area contributed by atoms with Crippen molar-refractivity contribution in [3.63, 3.8) is 0 Å². The molecule has 0 heterocycles. The first-order chi connectivity index (χ1) is 7.72. The highest BCUT2D eigenvalue weighted by molar-refractivity contribution is 6.42. The zero-order valence-corrected chi connectivity index (χ0v) is 10.6. The predicted octanol–water partition coefficient (Wildman–Crippen LogP) is 4.26. The van der Waals surface area contributed by atoms with E-state index in [1.54, 1.807) is 0 Å². The monoisotopic (exact) mass is 258 g/mol. The van der Waals surface area contributed by atoms with Crippen molar-refractivity contribution in [3.05, 3.63) is 33.8 Å². The van der Waals surface area contributed by atoms with Gasteiger partial charge in [0.2, 0.25) is 0 Å². The Morgan fingerprint density at radius 1 is 1.12 bits per heavy atom. The lowest BCUT2D eigenvalue weighted by Crippen LogP contribution is -2.20. The van der Waals surface area contributed by atoms with E-state index in [0.29, 0.717) is 21.9 Å². The molecular formula is C13H16Cl2O. The summed E-state index contributed by atoms with van der Waals surface area (Å²) >= 11 is 11.9. The van der Waals surface area contributed by atoms with Crippen LogP contribution in [0.3, 0.4) is 0 Å². The first kappa shape index (κ1) is 12.2. The molecule has 1 fully saturated rings. The van der Waals surface area contributed by atoms with E-state index in [4.69, 9.17) is 23.2 Å². The number of halogens is 2. The molecule has 1 unspecified atom stereocenters. The summed E-state index contributed by atoms with van der Waals surface area (Å²) in [6.07, 6.45) is 4.72. The van der Waals surface area contributed by atoms with E-state index in [1.807, 2.05) is 18.2 Å². The maximum absolute atomic E-state index is 9.39. The quantitative estimate of drug-likeness (QED) is 0.841. The highest BCUT2D eigenvalue weighted by atomic mass is 35.5. The molecule has 1 aliphatic carbocycles. The average molecular weight is 259 g/mol. The molecule has 1 saturated carbocycles. The van der Waals surface area contributed by atoms with Gasteiger partial charge in [-0.25, -0.2) is 0 Å². The van der Waals surface area contributed by atoms with Crippen LogP contribution in [-0.4, -0.2) is 11.7 Å². The molecule has 1 aliphatic rings. The number of hydrogen-bond donors (Lipinski definition) is 1. The molecule has 2 atom stereocenters. The van der Waals surface area contributed by atoms with Crippen molar-refractivity contribution in [1.82, 2.24) is 0 Å². The van der Waals surface area contributed by atoms with Crippen molar-refractivity contribution in [2.24, 2.45) is 5.92 Å². The van der Waals surface area contributed by atoms with Crippen LogP contribution >= 0.6 is 23.2 Å². The molecule has 0 amide bonds. The smallest absolute Gasteiger partial charge is 0.0595 e. The second-order valence-electron chi connectivity index (χ2n) is 4.51. The Hall–Kier alpha value is -0.240. The van der Waals surface area contributed by atoms with Crippen molar-refractivity contribution in [1.29, 1.82) is 0 Å². The van der Waals surface area contributed by atoms with Crippen molar-refractivity contribution < 1.29 is 5.11 Å². The van der Waals surface area contributed by atoms with E-state index in [-0.39, 0.29) is 6.61 Å². The van der Waals surface area contributed by atoms with Crippen LogP contribution in [-0.2, 0) is 0 Å². The Morgan fingerprint density at radius 2 is 1.88 bits per heavy atom. The van der Waals surface area contributed by atoms with Crippen molar-refractivity contribution >= 4 is 23.2 Å². The molecule has 1 nitrogen and oxygen atoms in total. The van der Waals surface area contributed by atoms with Crippen LogP contribution in [0.4, 0.5) is 0 Å². The summed E-state index contributed by atoms with van der Waals surface area (Å²) < 4.78 is 0. The summed E-state index contributed by atoms with van der Waals surface area (Å²) in [5, 5.41) is 10.6. The van der Waals surface area contributed by atoms with E-state index in [1.165, 1.54) is 18.4 Å². The Balaban J connectivity index is 2.23. The molecule has 3 heteroatoms. The molecule has 16 heavy (non-hydrogen) atoms. The summed E-state index contributed by atoms with van der Waals surface area (Å²) in [5.41, 5.74) is 1.22. The fourth-order valence-corrected chi connectivity index (χ4v) is 2.91. The minimum absolute atomic E-state index is 0.269. The van der Waals surface area contributed by atoms with Gasteiger partial charge in [0.1, 0.15) is 0 Å². The van der Waals surface area contributed by atoms with Crippen LogP contribution in [0.5, 0.6) is 0 Å². The van der Waals surface area contributed by atoms with Crippen LogP contribution in [0.25, 0.3) is 0 Å². The number of benzene rings is 1. The normalized spacial score (nSPS) is 25.7. The third-order valence-electron chi connectivity index (χ3n) is 3.52. The fourth-order valence-electron chi connectivity index (χ4n) is 2.61. The molecule has 1 aromatic carbocycles.